The maximum Gasteiger partial charge on any atom is 0.221 e. The van der Waals surface area contributed by atoms with Gasteiger partial charge in [-0.3, -0.25) is 4.79 Å². The largest absolute Gasteiger partial charge is 0.351 e. The van der Waals surface area contributed by atoms with Gasteiger partial charge in [-0.05, 0) is 20.8 Å². The summed E-state index contributed by atoms with van der Waals surface area (Å²) in [5.41, 5.74) is 1.97. The topological polar surface area (TPSA) is 42.0 Å². The monoisotopic (exact) mass is 320 g/mol. The van der Waals surface area contributed by atoms with Gasteiger partial charge in [0.25, 0.3) is 0 Å². The number of hydrogen-bond acceptors (Lipinski definition) is 4. The number of carbonyl (C=O) groups is 1. The van der Waals surface area contributed by atoms with Gasteiger partial charge in [0.1, 0.15) is 0 Å². The standard InChI is InChI=1S/C16H20N2OS2/c1-16(2,3)18-14(19)9-10-20-15-17-13(11-21-15)12-7-5-4-6-8-12/h4-8,11H,9-10H2,1-3H3,(H,18,19). The van der Waals surface area contributed by atoms with E-state index < -0.39 is 0 Å². The molecule has 1 heterocycles. The number of carbonyl (C=O) groups excluding carboxylic acids is 1. The maximum atomic E-state index is 11.7. The maximum absolute atomic E-state index is 11.7. The summed E-state index contributed by atoms with van der Waals surface area (Å²) < 4.78 is 1.01. The van der Waals surface area contributed by atoms with Crippen molar-refractivity contribution in [2.75, 3.05) is 5.75 Å². The van der Waals surface area contributed by atoms with Crippen LogP contribution in [-0.2, 0) is 4.79 Å². The van der Waals surface area contributed by atoms with Crippen LogP contribution >= 0.6 is 23.1 Å². The lowest BCUT2D eigenvalue weighted by Gasteiger charge is -2.20. The Labute approximate surface area is 134 Å². The third-order valence-corrected chi connectivity index (χ3v) is 4.64. The number of thioether (sulfide) groups is 1. The quantitative estimate of drug-likeness (QED) is 0.839. The number of hydrogen-bond donors (Lipinski definition) is 1. The Balaban J connectivity index is 1.83. The first kappa shape index (κ1) is 16.0. The summed E-state index contributed by atoms with van der Waals surface area (Å²) in [5.74, 6) is 0.846. The second-order valence-electron chi connectivity index (χ2n) is 5.76. The molecule has 0 fully saturated rings. The first-order valence-electron chi connectivity index (χ1n) is 6.89. The first-order chi connectivity index (χ1) is 9.94. The molecule has 1 aromatic heterocycles. The van der Waals surface area contributed by atoms with Gasteiger partial charge in [0.2, 0.25) is 5.91 Å². The summed E-state index contributed by atoms with van der Waals surface area (Å²) >= 11 is 3.27. The van der Waals surface area contributed by atoms with Crippen LogP contribution in [0.5, 0.6) is 0 Å². The fraction of sp³-hybridized carbons (Fsp3) is 0.375. The summed E-state index contributed by atoms with van der Waals surface area (Å²) in [6, 6.07) is 10.1. The van der Waals surface area contributed by atoms with Gasteiger partial charge < -0.3 is 5.32 Å². The smallest absolute Gasteiger partial charge is 0.221 e. The van der Waals surface area contributed by atoms with Crippen molar-refractivity contribution in [3.8, 4) is 11.3 Å². The fourth-order valence-corrected chi connectivity index (χ4v) is 3.62. The molecule has 0 aliphatic heterocycles. The molecule has 1 amide bonds. The van der Waals surface area contributed by atoms with Gasteiger partial charge in [-0.25, -0.2) is 4.98 Å². The van der Waals surface area contributed by atoms with E-state index in [1.54, 1.807) is 23.1 Å². The highest BCUT2D eigenvalue weighted by atomic mass is 32.2. The van der Waals surface area contributed by atoms with Gasteiger partial charge in [0, 0.05) is 28.7 Å². The van der Waals surface area contributed by atoms with Gasteiger partial charge in [0.05, 0.1) is 5.69 Å². The highest BCUT2D eigenvalue weighted by Gasteiger charge is 2.13. The number of thiazole rings is 1. The molecule has 0 saturated heterocycles. The number of benzene rings is 1. The number of nitrogens with one attached hydrogen (secondary N) is 1. The van der Waals surface area contributed by atoms with E-state index >= 15 is 0 Å². The zero-order valence-corrected chi connectivity index (χ0v) is 14.2. The molecule has 0 aliphatic carbocycles. The van der Waals surface area contributed by atoms with Gasteiger partial charge in [-0.1, -0.05) is 42.1 Å². The predicted molar refractivity (Wildman–Crippen MR) is 90.8 cm³/mol. The van der Waals surface area contributed by atoms with Crippen LogP contribution in [0.3, 0.4) is 0 Å². The molecule has 21 heavy (non-hydrogen) atoms. The number of aromatic nitrogens is 1. The van der Waals surface area contributed by atoms with Crippen LogP contribution in [-0.4, -0.2) is 22.2 Å². The second kappa shape index (κ2) is 7.09. The molecule has 112 valence electrons. The lowest BCUT2D eigenvalue weighted by Crippen LogP contribution is -2.40. The average molecular weight is 320 g/mol. The van der Waals surface area contributed by atoms with Gasteiger partial charge in [0.15, 0.2) is 4.34 Å². The van der Waals surface area contributed by atoms with E-state index in [-0.39, 0.29) is 11.4 Å². The van der Waals surface area contributed by atoms with E-state index in [9.17, 15) is 4.79 Å². The van der Waals surface area contributed by atoms with E-state index in [4.69, 9.17) is 0 Å². The number of nitrogens with zero attached hydrogens (tertiary/aromatic N) is 1. The Kier molecular flexibility index (Phi) is 5.42. The van der Waals surface area contributed by atoms with Crippen LogP contribution in [0.2, 0.25) is 0 Å². The van der Waals surface area contributed by atoms with Crippen LogP contribution in [0.25, 0.3) is 11.3 Å². The second-order valence-corrected chi connectivity index (χ2v) is 7.96. The predicted octanol–water partition coefficient (Wildman–Crippen LogP) is 4.21. The highest BCUT2D eigenvalue weighted by Crippen LogP contribution is 2.28. The summed E-state index contributed by atoms with van der Waals surface area (Å²) in [7, 11) is 0. The Morgan fingerprint density at radius 1 is 1.29 bits per heavy atom. The van der Waals surface area contributed by atoms with Crippen LogP contribution in [0.4, 0.5) is 0 Å². The van der Waals surface area contributed by atoms with Crippen molar-refractivity contribution in [2.45, 2.75) is 37.1 Å². The summed E-state index contributed by atoms with van der Waals surface area (Å²) in [6.07, 6.45) is 0.516. The molecule has 5 heteroatoms. The van der Waals surface area contributed by atoms with Gasteiger partial charge in [-0.15, -0.1) is 11.3 Å². The molecule has 0 unspecified atom stereocenters. The molecule has 0 saturated carbocycles. The van der Waals surface area contributed by atoms with Crippen molar-refractivity contribution < 1.29 is 4.79 Å². The number of rotatable bonds is 5. The van der Waals surface area contributed by atoms with Crippen LogP contribution in [0.15, 0.2) is 40.1 Å². The Hall–Kier alpha value is -1.33. The van der Waals surface area contributed by atoms with E-state index in [1.165, 1.54) is 0 Å². The first-order valence-corrected chi connectivity index (χ1v) is 8.75. The summed E-state index contributed by atoms with van der Waals surface area (Å²) in [6.45, 7) is 5.97. The molecular weight excluding hydrogens is 300 g/mol. The number of amides is 1. The van der Waals surface area contributed by atoms with E-state index in [2.05, 4.69) is 27.8 Å². The molecule has 0 spiro atoms. The Morgan fingerprint density at radius 3 is 2.67 bits per heavy atom. The zero-order valence-electron chi connectivity index (χ0n) is 12.6. The molecular formula is C16H20N2OS2. The third kappa shape index (κ3) is 5.52. The van der Waals surface area contributed by atoms with Crippen molar-refractivity contribution in [2.24, 2.45) is 0 Å². The minimum atomic E-state index is -0.163. The van der Waals surface area contributed by atoms with Crippen LogP contribution in [0, 0.1) is 0 Å². The molecule has 0 atom stereocenters. The summed E-state index contributed by atoms with van der Waals surface area (Å²) in [4.78, 5) is 16.3. The van der Waals surface area contributed by atoms with Crippen molar-refractivity contribution in [1.29, 1.82) is 0 Å². The van der Waals surface area contributed by atoms with Crippen LogP contribution in [0.1, 0.15) is 27.2 Å². The minimum absolute atomic E-state index is 0.0924. The molecule has 2 aromatic rings. The molecule has 0 aliphatic rings. The molecule has 1 aromatic carbocycles. The average Bonchev–Trinajstić information content (AvgIpc) is 2.86. The third-order valence-electron chi connectivity index (χ3n) is 2.62. The van der Waals surface area contributed by atoms with Crippen molar-refractivity contribution in [3.63, 3.8) is 0 Å². The molecule has 0 bridgehead atoms. The lowest BCUT2D eigenvalue weighted by molar-refractivity contribution is -0.122. The Bertz CT molecular complexity index is 588. The van der Waals surface area contributed by atoms with Gasteiger partial charge >= 0.3 is 0 Å². The zero-order chi connectivity index (χ0) is 15.3. The Morgan fingerprint density at radius 2 is 2.00 bits per heavy atom. The highest BCUT2D eigenvalue weighted by molar-refractivity contribution is 8.01. The van der Waals surface area contributed by atoms with Gasteiger partial charge in [-0.2, -0.15) is 0 Å². The van der Waals surface area contributed by atoms with E-state index in [0.29, 0.717) is 6.42 Å². The van der Waals surface area contributed by atoms with Crippen LogP contribution < -0.4 is 5.32 Å². The van der Waals surface area contributed by atoms with Crippen molar-refractivity contribution in [3.05, 3.63) is 35.7 Å². The SMILES string of the molecule is CC(C)(C)NC(=O)CCSc1nc(-c2ccccc2)cs1. The fourth-order valence-electron chi connectivity index (χ4n) is 1.78. The van der Waals surface area contributed by atoms with Crippen molar-refractivity contribution >= 4 is 29.0 Å². The molecule has 3 nitrogen and oxygen atoms in total. The lowest BCUT2D eigenvalue weighted by atomic mass is 10.1. The van der Waals surface area contributed by atoms with E-state index in [0.717, 1.165) is 21.3 Å². The van der Waals surface area contributed by atoms with Crippen molar-refractivity contribution in [1.82, 2.24) is 10.3 Å². The molecule has 1 N–H and O–H groups in total. The minimum Gasteiger partial charge on any atom is -0.351 e. The normalized spacial score (nSPS) is 11.4. The summed E-state index contributed by atoms with van der Waals surface area (Å²) in [5, 5.41) is 5.03. The molecule has 0 radical (unpaired) electrons. The molecule has 2 rings (SSSR count). The van der Waals surface area contributed by atoms with E-state index in [1.807, 2.05) is 39.0 Å².